The van der Waals surface area contributed by atoms with Crippen molar-refractivity contribution < 1.29 is 5.11 Å². The van der Waals surface area contributed by atoms with E-state index in [-0.39, 0.29) is 6.04 Å². The van der Waals surface area contributed by atoms with Crippen molar-refractivity contribution in [1.29, 1.82) is 0 Å². The smallest absolute Gasteiger partial charge is 0.0927 e. The molecule has 0 aromatic carbocycles. The monoisotopic (exact) mass is 111 g/mol. The summed E-state index contributed by atoms with van der Waals surface area (Å²) in [5.74, 6) is 5.54. The first-order valence-corrected chi connectivity index (χ1v) is 2.73. The second kappa shape index (κ2) is 2.17. The predicted octanol–water partition coefficient (Wildman–Crippen LogP) is -0.528. The van der Waals surface area contributed by atoms with E-state index in [1.807, 2.05) is 0 Å². The van der Waals surface area contributed by atoms with Crippen molar-refractivity contribution in [3.63, 3.8) is 0 Å². The summed E-state index contributed by atoms with van der Waals surface area (Å²) >= 11 is 0. The first-order chi connectivity index (χ1) is 3.80. The maximum absolute atomic E-state index is 8.95. The second-order valence-corrected chi connectivity index (χ2v) is 1.95. The average molecular weight is 111 g/mol. The van der Waals surface area contributed by atoms with Crippen molar-refractivity contribution in [2.45, 2.75) is 25.0 Å². The van der Waals surface area contributed by atoms with Crippen LogP contribution in [0.25, 0.3) is 0 Å². The molecule has 1 rings (SSSR count). The maximum Gasteiger partial charge on any atom is 0.0927 e. The molecule has 0 saturated carbocycles. The van der Waals surface area contributed by atoms with E-state index < -0.39 is 6.10 Å². The van der Waals surface area contributed by atoms with Gasteiger partial charge in [-0.25, -0.2) is 0 Å². The minimum Gasteiger partial charge on any atom is -0.390 e. The van der Waals surface area contributed by atoms with Crippen LogP contribution in [0, 0.1) is 11.8 Å². The summed E-state index contributed by atoms with van der Waals surface area (Å²) in [6, 6.07) is -0.302. The van der Waals surface area contributed by atoms with Crippen molar-refractivity contribution in [3.8, 4) is 11.8 Å². The molecule has 0 spiro atoms. The lowest BCUT2D eigenvalue weighted by Gasteiger charge is -2.14. The zero-order chi connectivity index (χ0) is 5.98. The number of rotatable bonds is 0. The van der Waals surface area contributed by atoms with E-state index in [1.165, 1.54) is 0 Å². The molecule has 0 aromatic rings. The molecule has 0 bridgehead atoms. The topological polar surface area (TPSA) is 46.2 Å². The number of nitrogens with two attached hydrogens (primary N) is 1. The van der Waals surface area contributed by atoms with Crippen LogP contribution in [0.3, 0.4) is 0 Å². The minimum atomic E-state index is -0.392. The van der Waals surface area contributed by atoms with Gasteiger partial charge in [0.15, 0.2) is 0 Å². The molecule has 2 atom stereocenters. The van der Waals surface area contributed by atoms with Crippen LogP contribution in [-0.4, -0.2) is 17.3 Å². The second-order valence-electron chi connectivity index (χ2n) is 1.95. The molecule has 0 aromatic heterocycles. The van der Waals surface area contributed by atoms with Gasteiger partial charge in [-0.15, -0.1) is 5.92 Å². The molecular weight excluding hydrogens is 102 g/mol. The fourth-order valence-corrected chi connectivity index (χ4v) is 0.686. The number of hydrogen-bond acceptors (Lipinski definition) is 2. The molecule has 0 saturated heterocycles. The van der Waals surface area contributed by atoms with Crippen LogP contribution >= 0.6 is 0 Å². The average Bonchev–Trinajstić information content (AvgIpc) is 1.77. The van der Waals surface area contributed by atoms with Crippen molar-refractivity contribution in [2.24, 2.45) is 5.73 Å². The van der Waals surface area contributed by atoms with E-state index in [0.29, 0.717) is 0 Å². The van der Waals surface area contributed by atoms with Gasteiger partial charge in [-0.2, -0.15) is 0 Å². The van der Waals surface area contributed by atoms with E-state index >= 15 is 0 Å². The zero-order valence-electron chi connectivity index (χ0n) is 4.59. The molecule has 3 N–H and O–H groups in total. The van der Waals surface area contributed by atoms with Crippen LogP contribution in [0.2, 0.25) is 0 Å². The zero-order valence-corrected chi connectivity index (χ0v) is 4.59. The Bertz CT molecular complexity index is 133. The molecule has 2 nitrogen and oxygen atoms in total. The van der Waals surface area contributed by atoms with E-state index in [4.69, 9.17) is 10.8 Å². The van der Waals surface area contributed by atoms with E-state index in [9.17, 15) is 0 Å². The van der Waals surface area contributed by atoms with Gasteiger partial charge in [0.1, 0.15) is 0 Å². The van der Waals surface area contributed by atoms with Crippen LogP contribution in [0.4, 0.5) is 0 Å². The Hall–Kier alpha value is -0.520. The largest absolute Gasteiger partial charge is 0.390 e. The van der Waals surface area contributed by atoms with Gasteiger partial charge in [-0.3, -0.25) is 0 Å². The fourth-order valence-electron chi connectivity index (χ4n) is 0.686. The molecule has 0 radical (unpaired) electrons. The molecule has 0 fully saturated rings. The SMILES string of the molecule is N[C@@H]1C#CCC[C@H]1O. The van der Waals surface area contributed by atoms with Crippen LogP contribution in [0.5, 0.6) is 0 Å². The molecule has 44 valence electrons. The Kier molecular flexibility index (Phi) is 1.52. The van der Waals surface area contributed by atoms with Gasteiger partial charge >= 0.3 is 0 Å². The van der Waals surface area contributed by atoms with Gasteiger partial charge in [0.05, 0.1) is 12.1 Å². The van der Waals surface area contributed by atoms with Crippen molar-refractivity contribution in [3.05, 3.63) is 0 Å². The third-order valence-corrected chi connectivity index (χ3v) is 1.25. The molecule has 0 heterocycles. The highest BCUT2D eigenvalue weighted by Gasteiger charge is 2.13. The van der Waals surface area contributed by atoms with Crippen molar-refractivity contribution in [1.82, 2.24) is 0 Å². The van der Waals surface area contributed by atoms with E-state index in [2.05, 4.69) is 11.8 Å². The highest BCUT2D eigenvalue weighted by molar-refractivity contribution is 5.12. The Labute approximate surface area is 48.7 Å². The highest BCUT2D eigenvalue weighted by atomic mass is 16.3. The van der Waals surface area contributed by atoms with Crippen LogP contribution in [0.15, 0.2) is 0 Å². The van der Waals surface area contributed by atoms with Gasteiger partial charge in [0.2, 0.25) is 0 Å². The van der Waals surface area contributed by atoms with Crippen molar-refractivity contribution in [2.75, 3.05) is 0 Å². The maximum atomic E-state index is 8.95. The number of aliphatic hydroxyl groups is 1. The molecule has 0 unspecified atom stereocenters. The van der Waals surface area contributed by atoms with E-state index in [1.54, 1.807) is 0 Å². The molecular formula is C6H9NO. The Morgan fingerprint density at radius 2 is 2.38 bits per heavy atom. The Balaban J connectivity index is 2.55. The summed E-state index contributed by atoms with van der Waals surface area (Å²) in [7, 11) is 0. The highest BCUT2D eigenvalue weighted by Crippen LogP contribution is 2.03. The normalized spacial score (nSPS) is 35.8. The Morgan fingerprint density at radius 1 is 1.62 bits per heavy atom. The summed E-state index contributed by atoms with van der Waals surface area (Å²) < 4.78 is 0. The first kappa shape index (κ1) is 5.61. The molecule has 1 aliphatic carbocycles. The van der Waals surface area contributed by atoms with Gasteiger partial charge in [0, 0.05) is 6.42 Å². The van der Waals surface area contributed by atoms with Crippen LogP contribution < -0.4 is 5.73 Å². The summed E-state index contributed by atoms with van der Waals surface area (Å²) in [6.07, 6.45) is 1.12. The predicted molar refractivity (Wildman–Crippen MR) is 31.0 cm³/mol. The summed E-state index contributed by atoms with van der Waals surface area (Å²) in [6.45, 7) is 0. The lowest BCUT2D eigenvalue weighted by Crippen LogP contribution is -2.34. The molecule has 0 aliphatic heterocycles. The van der Waals surface area contributed by atoms with Gasteiger partial charge < -0.3 is 10.8 Å². The van der Waals surface area contributed by atoms with E-state index in [0.717, 1.165) is 12.8 Å². The van der Waals surface area contributed by atoms with Gasteiger partial charge in [0.25, 0.3) is 0 Å². The number of hydrogen-bond donors (Lipinski definition) is 2. The lowest BCUT2D eigenvalue weighted by molar-refractivity contribution is 0.152. The molecule has 2 heteroatoms. The quantitative estimate of drug-likeness (QED) is 0.413. The summed E-state index contributed by atoms with van der Waals surface area (Å²) in [5, 5.41) is 8.95. The first-order valence-electron chi connectivity index (χ1n) is 2.73. The summed E-state index contributed by atoms with van der Waals surface area (Å²) in [5.41, 5.74) is 5.35. The van der Waals surface area contributed by atoms with Crippen LogP contribution in [-0.2, 0) is 0 Å². The minimum absolute atomic E-state index is 0.302. The lowest BCUT2D eigenvalue weighted by atomic mass is 10.0. The fraction of sp³-hybridized carbons (Fsp3) is 0.667. The third-order valence-electron chi connectivity index (χ3n) is 1.25. The molecule has 1 aliphatic rings. The van der Waals surface area contributed by atoms with Crippen LogP contribution in [0.1, 0.15) is 12.8 Å². The molecule has 0 amide bonds. The number of aliphatic hydroxyl groups excluding tert-OH is 1. The van der Waals surface area contributed by atoms with Gasteiger partial charge in [-0.1, -0.05) is 5.92 Å². The molecule has 8 heavy (non-hydrogen) atoms. The van der Waals surface area contributed by atoms with Crippen molar-refractivity contribution >= 4 is 0 Å². The third kappa shape index (κ3) is 1.00. The summed E-state index contributed by atoms with van der Waals surface area (Å²) in [4.78, 5) is 0. The Morgan fingerprint density at radius 3 is 2.75 bits per heavy atom. The van der Waals surface area contributed by atoms with Gasteiger partial charge in [-0.05, 0) is 6.42 Å². The standard InChI is InChI=1S/C6H9NO/c7-5-3-1-2-4-6(5)8/h5-6,8H,2,4,7H2/t5-,6-/m1/s1.